The molecule has 88 valence electrons. The molecule has 0 aliphatic heterocycles. The average Bonchev–Trinajstić information content (AvgIpc) is 2.36. The fourth-order valence-electron chi connectivity index (χ4n) is 1.58. The van der Waals surface area contributed by atoms with Crippen molar-refractivity contribution in [2.45, 2.75) is 6.42 Å². The molecule has 0 aliphatic carbocycles. The standard InChI is InChI=1S/C14H15NO2/c15-14-12(16)7-4-8-13(14)17-10-9-11-5-2-1-3-6-11/h1-8,16H,9-10,15H2. The van der Waals surface area contributed by atoms with E-state index in [9.17, 15) is 5.11 Å². The number of rotatable bonds is 4. The van der Waals surface area contributed by atoms with E-state index in [1.165, 1.54) is 5.56 Å². The minimum atomic E-state index is 0.0576. The van der Waals surface area contributed by atoms with Crippen molar-refractivity contribution in [3.63, 3.8) is 0 Å². The lowest BCUT2D eigenvalue weighted by Gasteiger charge is -2.09. The monoisotopic (exact) mass is 229 g/mol. The number of aromatic hydroxyl groups is 1. The summed E-state index contributed by atoms with van der Waals surface area (Å²) in [4.78, 5) is 0. The molecule has 2 aromatic carbocycles. The molecule has 0 heterocycles. The van der Waals surface area contributed by atoms with Gasteiger partial charge in [-0.2, -0.15) is 0 Å². The molecule has 0 amide bonds. The second kappa shape index (κ2) is 5.25. The first-order valence-electron chi connectivity index (χ1n) is 5.51. The van der Waals surface area contributed by atoms with Gasteiger partial charge in [0.1, 0.15) is 17.2 Å². The Morgan fingerprint density at radius 3 is 2.53 bits per heavy atom. The summed E-state index contributed by atoms with van der Waals surface area (Å²) in [7, 11) is 0. The highest BCUT2D eigenvalue weighted by Crippen LogP contribution is 2.29. The van der Waals surface area contributed by atoms with Crippen LogP contribution in [0.1, 0.15) is 5.56 Å². The number of phenols is 1. The van der Waals surface area contributed by atoms with Crippen LogP contribution in [0.15, 0.2) is 48.5 Å². The highest BCUT2D eigenvalue weighted by atomic mass is 16.5. The smallest absolute Gasteiger partial charge is 0.146 e. The van der Waals surface area contributed by atoms with Crippen LogP contribution in [-0.4, -0.2) is 11.7 Å². The third kappa shape index (κ3) is 2.91. The van der Waals surface area contributed by atoms with Crippen LogP contribution in [0.25, 0.3) is 0 Å². The lowest BCUT2D eigenvalue weighted by molar-refractivity contribution is 0.322. The molecule has 2 rings (SSSR count). The van der Waals surface area contributed by atoms with Gasteiger partial charge in [0, 0.05) is 6.42 Å². The minimum Gasteiger partial charge on any atom is -0.506 e. The van der Waals surface area contributed by atoms with Crippen LogP contribution in [0.5, 0.6) is 11.5 Å². The molecule has 0 saturated heterocycles. The summed E-state index contributed by atoms with van der Waals surface area (Å²) in [6.07, 6.45) is 0.815. The number of phenolic OH excluding ortho intramolecular Hbond substituents is 1. The largest absolute Gasteiger partial charge is 0.506 e. The molecule has 0 radical (unpaired) electrons. The van der Waals surface area contributed by atoms with Gasteiger partial charge in [-0.15, -0.1) is 0 Å². The van der Waals surface area contributed by atoms with Crippen molar-refractivity contribution >= 4 is 5.69 Å². The molecular weight excluding hydrogens is 214 g/mol. The van der Waals surface area contributed by atoms with E-state index >= 15 is 0 Å². The summed E-state index contributed by atoms with van der Waals surface area (Å²) >= 11 is 0. The predicted molar refractivity (Wildman–Crippen MR) is 68.2 cm³/mol. The zero-order valence-corrected chi connectivity index (χ0v) is 9.47. The van der Waals surface area contributed by atoms with Gasteiger partial charge in [-0.1, -0.05) is 36.4 Å². The van der Waals surface area contributed by atoms with Crippen molar-refractivity contribution in [2.75, 3.05) is 12.3 Å². The fourth-order valence-corrected chi connectivity index (χ4v) is 1.58. The van der Waals surface area contributed by atoms with Crippen LogP contribution in [0, 0.1) is 0 Å². The Hall–Kier alpha value is -2.16. The molecule has 0 atom stereocenters. The summed E-state index contributed by atoms with van der Waals surface area (Å²) in [6.45, 7) is 0.539. The molecule has 17 heavy (non-hydrogen) atoms. The number of nitrogen functional groups attached to an aromatic ring is 1. The summed E-state index contributed by atoms with van der Waals surface area (Å²) in [6, 6.07) is 15.1. The van der Waals surface area contributed by atoms with E-state index < -0.39 is 0 Å². The van der Waals surface area contributed by atoms with Gasteiger partial charge in [-0.3, -0.25) is 0 Å². The zero-order chi connectivity index (χ0) is 12.1. The molecule has 0 fully saturated rings. The number of hydrogen-bond acceptors (Lipinski definition) is 3. The van der Waals surface area contributed by atoms with Gasteiger partial charge in [-0.25, -0.2) is 0 Å². The second-order valence-electron chi connectivity index (χ2n) is 3.77. The van der Waals surface area contributed by atoms with Gasteiger partial charge < -0.3 is 15.6 Å². The molecule has 0 unspecified atom stereocenters. The maximum atomic E-state index is 9.41. The predicted octanol–water partition coefficient (Wildman–Crippen LogP) is 2.60. The van der Waals surface area contributed by atoms with Gasteiger partial charge in [-0.05, 0) is 17.7 Å². The Bertz CT molecular complexity index is 483. The topological polar surface area (TPSA) is 55.5 Å². The maximum absolute atomic E-state index is 9.41. The molecule has 3 N–H and O–H groups in total. The van der Waals surface area contributed by atoms with Crippen molar-refractivity contribution in [2.24, 2.45) is 0 Å². The van der Waals surface area contributed by atoms with Crippen LogP contribution in [0.3, 0.4) is 0 Å². The first kappa shape index (κ1) is 11.3. The summed E-state index contributed by atoms with van der Waals surface area (Å²) in [5, 5.41) is 9.41. The number of hydrogen-bond donors (Lipinski definition) is 2. The third-order valence-corrected chi connectivity index (χ3v) is 2.53. The van der Waals surface area contributed by atoms with Gasteiger partial charge >= 0.3 is 0 Å². The van der Waals surface area contributed by atoms with E-state index in [2.05, 4.69) is 12.1 Å². The molecule has 0 aromatic heterocycles. The number of ether oxygens (including phenoxy) is 1. The number of anilines is 1. The molecule has 0 spiro atoms. The van der Waals surface area contributed by atoms with Gasteiger partial charge in [0.25, 0.3) is 0 Å². The molecule has 2 aromatic rings. The lowest BCUT2D eigenvalue weighted by atomic mass is 10.2. The quantitative estimate of drug-likeness (QED) is 0.626. The highest BCUT2D eigenvalue weighted by Gasteiger charge is 2.04. The number of para-hydroxylation sites is 1. The van der Waals surface area contributed by atoms with Crippen LogP contribution < -0.4 is 10.5 Å². The average molecular weight is 229 g/mol. The van der Waals surface area contributed by atoms with Gasteiger partial charge in [0.15, 0.2) is 0 Å². The molecule has 3 nitrogen and oxygen atoms in total. The van der Waals surface area contributed by atoms with Crippen molar-refractivity contribution in [1.29, 1.82) is 0 Å². The second-order valence-corrected chi connectivity index (χ2v) is 3.77. The third-order valence-electron chi connectivity index (χ3n) is 2.53. The SMILES string of the molecule is Nc1c(O)cccc1OCCc1ccccc1. The van der Waals surface area contributed by atoms with Crippen molar-refractivity contribution in [1.82, 2.24) is 0 Å². The Kier molecular flexibility index (Phi) is 3.50. The Morgan fingerprint density at radius 2 is 1.76 bits per heavy atom. The van der Waals surface area contributed by atoms with Crippen molar-refractivity contribution < 1.29 is 9.84 Å². The van der Waals surface area contributed by atoms with Gasteiger partial charge in [0.2, 0.25) is 0 Å². The Balaban J connectivity index is 1.93. The lowest BCUT2D eigenvalue weighted by Crippen LogP contribution is -2.03. The van der Waals surface area contributed by atoms with E-state index in [4.69, 9.17) is 10.5 Å². The fraction of sp³-hybridized carbons (Fsp3) is 0.143. The summed E-state index contributed by atoms with van der Waals surface area (Å²) < 4.78 is 5.54. The molecule has 0 bridgehead atoms. The van der Waals surface area contributed by atoms with E-state index in [0.29, 0.717) is 18.0 Å². The molecule has 0 aliphatic rings. The van der Waals surface area contributed by atoms with E-state index in [1.54, 1.807) is 18.2 Å². The first-order valence-corrected chi connectivity index (χ1v) is 5.51. The summed E-state index contributed by atoms with van der Waals surface area (Å²) in [5.74, 6) is 0.586. The zero-order valence-electron chi connectivity index (χ0n) is 9.47. The highest BCUT2D eigenvalue weighted by molar-refractivity contribution is 5.61. The Labute approximate surface area is 100 Å². The molecule has 0 saturated carbocycles. The van der Waals surface area contributed by atoms with Crippen molar-refractivity contribution in [3.05, 3.63) is 54.1 Å². The summed E-state index contributed by atoms with van der Waals surface area (Å²) in [5.41, 5.74) is 7.19. The van der Waals surface area contributed by atoms with Crippen LogP contribution in [-0.2, 0) is 6.42 Å². The van der Waals surface area contributed by atoms with E-state index in [-0.39, 0.29) is 5.75 Å². The number of nitrogens with two attached hydrogens (primary N) is 1. The van der Waals surface area contributed by atoms with Crippen LogP contribution in [0.4, 0.5) is 5.69 Å². The first-order chi connectivity index (χ1) is 8.27. The molecule has 3 heteroatoms. The van der Waals surface area contributed by atoms with E-state index in [1.807, 2.05) is 18.2 Å². The van der Waals surface area contributed by atoms with Gasteiger partial charge in [0.05, 0.1) is 6.61 Å². The molecular formula is C14H15NO2. The maximum Gasteiger partial charge on any atom is 0.146 e. The Morgan fingerprint density at radius 1 is 1.00 bits per heavy atom. The number of benzene rings is 2. The van der Waals surface area contributed by atoms with Crippen molar-refractivity contribution in [3.8, 4) is 11.5 Å². The van der Waals surface area contributed by atoms with Crippen LogP contribution in [0.2, 0.25) is 0 Å². The van der Waals surface area contributed by atoms with E-state index in [0.717, 1.165) is 6.42 Å². The minimum absolute atomic E-state index is 0.0576. The normalized spacial score (nSPS) is 10.1. The van der Waals surface area contributed by atoms with Crippen LogP contribution >= 0.6 is 0 Å².